The first kappa shape index (κ1) is 42.5. The number of nitrogens with zero attached hydrogens (tertiary/aromatic N) is 3. The average Bonchev–Trinajstić information content (AvgIpc) is 3.07. The Hall–Kier alpha value is -2.72. The van der Waals surface area contributed by atoms with Crippen molar-refractivity contribution in [1.82, 2.24) is 30.8 Å². The minimum absolute atomic E-state index is 0.000947. The van der Waals surface area contributed by atoms with Crippen molar-refractivity contribution in [3.05, 3.63) is 66.3 Å². The minimum Gasteiger partial charge on any atom is -0.437 e. The third-order valence-corrected chi connectivity index (χ3v) is 10.1. The van der Waals surface area contributed by atoms with Crippen LogP contribution in [0.4, 0.5) is 4.79 Å². The number of hydrogen-bond acceptors (Lipinski definition) is 12. The van der Waals surface area contributed by atoms with Crippen LogP contribution >= 0.6 is 28.2 Å². The summed E-state index contributed by atoms with van der Waals surface area (Å²) in [6, 6.07) is 8.42. The third-order valence-electron chi connectivity index (χ3n) is 6.82. The van der Waals surface area contributed by atoms with Gasteiger partial charge in [-0.1, -0.05) is 68.1 Å². The molecule has 0 aliphatic heterocycles. The largest absolute Gasteiger partial charge is 0.437 e. The Labute approximate surface area is 293 Å². The Bertz CT molecular complexity index is 1320. The van der Waals surface area contributed by atoms with Crippen LogP contribution in [-0.2, 0) is 14.0 Å². The molecule has 2 rings (SSSR count). The van der Waals surface area contributed by atoms with Gasteiger partial charge in [0, 0.05) is 56.9 Å². The number of carbonyl (C=O) groups is 3. The van der Waals surface area contributed by atoms with Crippen LogP contribution in [0.15, 0.2) is 55.0 Å². The molecule has 0 saturated carbocycles. The van der Waals surface area contributed by atoms with E-state index in [1.54, 1.807) is 12.2 Å². The van der Waals surface area contributed by atoms with Gasteiger partial charge in [-0.3, -0.25) is 23.9 Å². The molecule has 2 aromatic rings. The van der Waals surface area contributed by atoms with Gasteiger partial charge in [-0.05, 0) is 30.7 Å². The predicted octanol–water partition coefficient (Wildman–Crippen LogP) is 1.71. The monoisotopic (exact) mass is 740 g/mol. The van der Waals surface area contributed by atoms with Crippen molar-refractivity contribution in [3.8, 4) is 0 Å². The molecular formula is C30H47BN6O9P2S. The molecule has 0 aliphatic rings. The van der Waals surface area contributed by atoms with E-state index in [-0.39, 0.29) is 31.6 Å². The molecule has 49 heavy (non-hydrogen) atoms. The number of hydrogen-bond donors (Lipinski definition) is 7. The SMILES string of the molecule is CC(C)CC(BOCCCN(CCCO)CCSC(=O)NC(P(O)O)[PH](=O)O)NC(=O)C(/C=C/c1ccccc1)NC(=O)c1cnccn1. The van der Waals surface area contributed by atoms with Gasteiger partial charge >= 0.3 is 0 Å². The molecule has 1 aromatic carbocycles. The Morgan fingerprint density at radius 2 is 1.82 bits per heavy atom. The summed E-state index contributed by atoms with van der Waals surface area (Å²) in [6.07, 6.45) is 9.37. The van der Waals surface area contributed by atoms with Crippen molar-refractivity contribution in [2.45, 2.75) is 50.6 Å². The van der Waals surface area contributed by atoms with Crippen LogP contribution in [0.3, 0.4) is 0 Å². The summed E-state index contributed by atoms with van der Waals surface area (Å²) < 4.78 is 17.2. The maximum absolute atomic E-state index is 13.5. The lowest BCUT2D eigenvalue weighted by molar-refractivity contribution is -0.122. The highest BCUT2D eigenvalue weighted by atomic mass is 32.2. The molecule has 7 N–H and O–H groups in total. The van der Waals surface area contributed by atoms with E-state index in [0.29, 0.717) is 51.3 Å². The summed E-state index contributed by atoms with van der Waals surface area (Å²) in [5, 5.41) is 16.6. The number of aliphatic hydroxyl groups is 1. The fraction of sp³-hybridized carbons (Fsp3) is 0.500. The van der Waals surface area contributed by atoms with E-state index in [9.17, 15) is 38.7 Å². The van der Waals surface area contributed by atoms with Gasteiger partial charge in [0.1, 0.15) is 11.7 Å². The fourth-order valence-corrected chi connectivity index (χ4v) is 6.72. The van der Waals surface area contributed by atoms with E-state index in [4.69, 9.17) is 4.65 Å². The number of aliphatic hydroxyl groups excluding tert-OH is 1. The van der Waals surface area contributed by atoms with Crippen molar-refractivity contribution in [2.75, 3.05) is 38.6 Å². The number of thioether (sulfide) groups is 1. The summed E-state index contributed by atoms with van der Waals surface area (Å²) in [4.78, 5) is 76.1. The molecule has 0 radical (unpaired) electrons. The van der Waals surface area contributed by atoms with Crippen LogP contribution in [0.5, 0.6) is 0 Å². The molecule has 4 atom stereocenters. The molecule has 270 valence electrons. The van der Waals surface area contributed by atoms with E-state index in [2.05, 4.69) is 25.9 Å². The smallest absolute Gasteiger partial charge is 0.297 e. The molecule has 0 aliphatic carbocycles. The molecule has 19 heteroatoms. The lowest BCUT2D eigenvalue weighted by atomic mass is 9.81. The summed E-state index contributed by atoms with van der Waals surface area (Å²) in [6.45, 7) is 6.13. The first-order chi connectivity index (χ1) is 23.5. The number of aromatic nitrogens is 2. The lowest BCUT2D eigenvalue weighted by Gasteiger charge is -2.24. The van der Waals surface area contributed by atoms with Crippen molar-refractivity contribution < 1.29 is 43.4 Å². The van der Waals surface area contributed by atoms with E-state index in [1.165, 1.54) is 18.6 Å². The maximum Gasteiger partial charge on any atom is 0.297 e. The van der Waals surface area contributed by atoms with Crippen LogP contribution in [0.25, 0.3) is 6.08 Å². The van der Waals surface area contributed by atoms with Gasteiger partial charge in [0.2, 0.25) is 13.9 Å². The summed E-state index contributed by atoms with van der Waals surface area (Å²) in [5.74, 6) is -0.680. The molecule has 3 amide bonds. The highest BCUT2D eigenvalue weighted by Gasteiger charge is 2.26. The fourth-order valence-electron chi connectivity index (χ4n) is 4.52. The Morgan fingerprint density at radius 3 is 2.45 bits per heavy atom. The summed E-state index contributed by atoms with van der Waals surface area (Å²) >= 11 is 0.858. The molecule has 0 saturated heterocycles. The van der Waals surface area contributed by atoms with E-state index in [0.717, 1.165) is 17.3 Å². The zero-order valence-corrected chi connectivity index (χ0v) is 30.4. The average molecular weight is 741 g/mol. The second-order valence-electron chi connectivity index (χ2n) is 11.3. The molecule has 1 aromatic heterocycles. The third kappa shape index (κ3) is 18.2. The zero-order valence-electron chi connectivity index (χ0n) is 27.7. The normalized spacial score (nSPS) is 14.1. The predicted molar refractivity (Wildman–Crippen MR) is 193 cm³/mol. The van der Waals surface area contributed by atoms with Gasteiger partial charge in [-0.25, -0.2) is 4.98 Å². The number of amides is 3. The van der Waals surface area contributed by atoms with Crippen LogP contribution in [0.2, 0.25) is 0 Å². The highest BCUT2D eigenvalue weighted by molar-refractivity contribution is 8.13. The minimum atomic E-state index is -3.36. The van der Waals surface area contributed by atoms with Crippen LogP contribution in [-0.4, -0.2) is 115 Å². The van der Waals surface area contributed by atoms with E-state index < -0.39 is 45.0 Å². The number of benzene rings is 1. The summed E-state index contributed by atoms with van der Waals surface area (Å²) in [7, 11) is -5.89. The second kappa shape index (κ2) is 24.4. The van der Waals surface area contributed by atoms with Gasteiger partial charge < -0.3 is 45.3 Å². The first-order valence-electron chi connectivity index (χ1n) is 15.8. The molecule has 0 spiro atoms. The first-order valence-corrected chi connectivity index (χ1v) is 19.6. The maximum atomic E-state index is 13.5. The Balaban J connectivity index is 1.93. The zero-order chi connectivity index (χ0) is 36.0. The van der Waals surface area contributed by atoms with Gasteiger partial charge in [-0.2, -0.15) is 0 Å². The van der Waals surface area contributed by atoms with Gasteiger partial charge in [0.25, 0.3) is 18.6 Å². The van der Waals surface area contributed by atoms with Crippen LogP contribution in [0, 0.1) is 5.92 Å². The van der Waals surface area contributed by atoms with Crippen LogP contribution < -0.4 is 16.0 Å². The topological polar surface area (TPSA) is 224 Å². The highest BCUT2D eigenvalue weighted by Crippen LogP contribution is 2.42. The lowest BCUT2D eigenvalue weighted by Crippen LogP contribution is -2.51. The number of carbonyl (C=O) groups excluding carboxylic acids is 3. The van der Waals surface area contributed by atoms with Gasteiger partial charge in [0.15, 0.2) is 13.9 Å². The standard InChI is InChI=1S/C30H47BN6O9P2S/c1-22(2)20-26(31-46-18-7-15-37(14-6-17-38)16-19-49-29(41)36-30(47(42)43)48(44)45)35-27(39)24(11-10-23-8-4-3-5-9-23)34-28(40)25-21-32-12-13-33-25/h3-5,8-13,21-22,24,26,30-31,38,42-43,48H,6-7,14-20H2,1-2H3,(H,34,40)(H,35,39)(H,36,41)(H,44,45)/b11-10+. The van der Waals surface area contributed by atoms with Crippen molar-refractivity contribution in [2.24, 2.45) is 5.92 Å². The van der Waals surface area contributed by atoms with Gasteiger partial charge in [-0.15, -0.1) is 0 Å². The van der Waals surface area contributed by atoms with Crippen molar-refractivity contribution in [1.29, 1.82) is 0 Å². The van der Waals surface area contributed by atoms with Gasteiger partial charge in [0.05, 0.1) is 6.20 Å². The van der Waals surface area contributed by atoms with E-state index >= 15 is 0 Å². The quantitative estimate of drug-likeness (QED) is 0.0491. The van der Waals surface area contributed by atoms with E-state index in [1.807, 2.05) is 49.1 Å². The van der Waals surface area contributed by atoms with Crippen molar-refractivity contribution >= 4 is 58.8 Å². The molecule has 1 heterocycles. The summed E-state index contributed by atoms with van der Waals surface area (Å²) in [5.41, 5.74) is -0.630. The molecule has 0 fully saturated rings. The Kier molecular flexibility index (Phi) is 21.2. The molecule has 0 bridgehead atoms. The van der Waals surface area contributed by atoms with Crippen molar-refractivity contribution in [3.63, 3.8) is 0 Å². The Morgan fingerprint density at radius 1 is 1.08 bits per heavy atom. The second-order valence-corrected chi connectivity index (χ2v) is 15.3. The number of rotatable bonds is 23. The number of nitrogens with one attached hydrogen (secondary N) is 3. The molecule has 4 unspecified atom stereocenters. The van der Waals surface area contributed by atoms with Crippen LogP contribution in [0.1, 0.15) is 49.2 Å². The molecule has 15 nitrogen and oxygen atoms in total. The molecular weight excluding hydrogens is 693 g/mol.